The van der Waals surface area contributed by atoms with Crippen LogP contribution in [0.4, 0.5) is 4.79 Å². The van der Waals surface area contributed by atoms with Crippen molar-refractivity contribution in [1.82, 2.24) is 10.6 Å². The molecule has 0 aliphatic carbocycles. The molecule has 1 aromatic carbocycles. The number of alkyl carbamates (subject to hydrolysis) is 1. The third-order valence-corrected chi connectivity index (χ3v) is 2.71. The van der Waals surface area contributed by atoms with Crippen LogP contribution < -0.4 is 20.1 Å². The van der Waals surface area contributed by atoms with Gasteiger partial charge in [0.2, 0.25) is 6.79 Å². The van der Waals surface area contributed by atoms with Gasteiger partial charge in [-0.1, -0.05) is 0 Å². The number of hydrogen-bond acceptors (Lipinski definition) is 5. The lowest BCUT2D eigenvalue weighted by Gasteiger charge is -2.19. The van der Waals surface area contributed by atoms with Crippen molar-refractivity contribution in [3.8, 4) is 11.5 Å². The van der Waals surface area contributed by atoms with Gasteiger partial charge in [-0.15, -0.1) is 0 Å². The zero-order chi connectivity index (χ0) is 16.2. The first-order valence-electron chi connectivity index (χ1n) is 7.00. The molecule has 7 nitrogen and oxygen atoms in total. The summed E-state index contributed by atoms with van der Waals surface area (Å²) < 4.78 is 15.5. The summed E-state index contributed by atoms with van der Waals surface area (Å²) in [6, 6.07) is 4.97. The first-order chi connectivity index (χ1) is 10.3. The van der Waals surface area contributed by atoms with E-state index in [1.54, 1.807) is 39.0 Å². The average molecular weight is 308 g/mol. The smallest absolute Gasteiger partial charge is 0.407 e. The van der Waals surface area contributed by atoms with Gasteiger partial charge in [0.15, 0.2) is 11.5 Å². The van der Waals surface area contributed by atoms with Crippen LogP contribution in [0.2, 0.25) is 0 Å². The standard InChI is InChI=1S/C15H20N2O5/c1-15(2,3)22-14(19)17-7-6-16-13(18)10-4-5-11-12(8-10)21-9-20-11/h4-5,8H,6-7,9H2,1-3H3,(H,16,18)(H,17,19). The van der Waals surface area contributed by atoms with E-state index in [4.69, 9.17) is 14.2 Å². The molecule has 0 bridgehead atoms. The Hall–Kier alpha value is -2.44. The van der Waals surface area contributed by atoms with Crippen LogP contribution in [0.25, 0.3) is 0 Å². The summed E-state index contributed by atoms with van der Waals surface area (Å²) in [5, 5.41) is 5.27. The minimum Gasteiger partial charge on any atom is -0.454 e. The van der Waals surface area contributed by atoms with Gasteiger partial charge in [0, 0.05) is 18.7 Å². The van der Waals surface area contributed by atoms with E-state index >= 15 is 0 Å². The molecule has 0 radical (unpaired) electrons. The number of amides is 2. The highest BCUT2D eigenvalue weighted by atomic mass is 16.7. The molecule has 0 fully saturated rings. The van der Waals surface area contributed by atoms with Gasteiger partial charge in [0.25, 0.3) is 5.91 Å². The Bertz CT molecular complexity index is 566. The third-order valence-electron chi connectivity index (χ3n) is 2.71. The number of carbonyl (C=O) groups excluding carboxylic acids is 2. The Morgan fingerprint density at radius 2 is 1.82 bits per heavy atom. The molecule has 0 atom stereocenters. The predicted molar refractivity (Wildman–Crippen MR) is 79.1 cm³/mol. The van der Waals surface area contributed by atoms with Crippen molar-refractivity contribution in [1.29, 1.82) is 0 Å². The summed E-state index contributed by atoms with van der Waals surface area (Å²) in [6.45, 7) is 6.11. The molecule has 2 amide bonds. The second kappa shape index (κ2) is 6.55. The van der Waals surface area contributed by atoms with E-state index < -0.39 is 11.7 Å². The van der Waals surface area contributed by atoms with Crippen LogP contribution >= 0.6 is 0 Å². The van der Waals surface area contributed by atoms with Crippen LogP contribution in [-0.2, 0) is 4.74 Å². The van der Waals surface area contributed by atoms with Crippen molar-refractivity contribution in [3.63, 3.8) is 0 Å². The lowest BCUT2D eigenvalue weighted by molar-refractivity contribution is 0.0526. The fraction of sp³-hybridized carbons (Fsp3) is 0.467. The van der Waals surface area contributed by atoms with E-state index in [1.807, 2.05) is 0 Å². The van der Waals surface area contributed by atoms with E-state index in [1.165, 1.54) is 0 Å². The molecule has 7 heteroatoms. The number of ether oxygens (including phenoxy) is 3. The van der Waals surface area contributed by atoms with E-state index in [-0.39, 0.29) is 19.2 Å². The first kappa shape index (κ1) is 15.9. The van der Waals surface area contributed by atoms with Gasteiger partial charge < -0.3 is 24.8 Å². The fourth-order valence-corrected chi connectivity index (χ4v) is 1.79. The van der Waals surface area contributed by atoms with Gasteiger partial charge in [-0.2, -0.15) is 0 Å². The first-order valence-corrected chi connectivity index (χ1v) is 7.00. The Labute approximate surface area is 128 Å². The number of benzene rings is 1. The Morgan fingerprint density at radius 1 is 1.14 bits per heavy atom. The molecule has 2 N–H and O–H groups in total. The number of fused-ring (bicyclic) bond motifs is 1. The summed E-state index contributed by atoms with van der Waals surface area (Å²) in [4.78, 5) is 23.4. The largest absolute Gasteiger partial charge is 0.454 e. The highest BCUT2D eigenvalue weighted by Crippen LogP contribution is 2.32. The summed E-state index contributed by atoms with van der Waals surface area (Å²) in [7, 11) is 0. The van der Waals surface area contributed by atoms with Crippen molar-refractivity contribution < 1.29 is 23.8 Å². The van der Waals surface area contributed by atoms with Crippen molar-refractivity contribution in [3.05, 3.63) is 23.8 Å². The van der Waals surface area contributed by atoms with Gasteiger partial charge in [0.1, 0.15) is 5.60 Å². The topological polar surface area (TPSA) is 85.9 Å². The molecule has 2 rings (SSSR count). The molecule has 120 valence electrons. The monoisotopic (exact) mass is 308 g/mol. The Morgan fingerprint density at radius 3 is 2.55 bits per heavy atom. The molecule has 1 heterocycles. The maximum atomic E-state index is 12.0. The quantitative estimate of drug-likeness (QED) is 0.826. The fourth-order valence-electron chi connectivity index (χ4n) is 1.79. The normalized spacial score (nSPS) is 12.7. The molecule has 1 aliphatic rings. The van der Waals surface area contributed by atoms with Crippen molar-refractivity contribution in [2.75, 3.05) is 19.9 Å². The minimum absolute atomic E-state index is 0.167. The van der Waals surface area contributed by atoms with Crippen LogP contribution in [0.3, 0.4) is 0 Å². The van der Waals surface area contributed by atoms with E-state index in [0.717, 1.165) is 0 Å². The Balaban J connectivity index is 1.73. The van der Waals surface area contributed by atoms with Crippen molar-refractivity contribution in [2.45, 2.75) is 26.4 Å². The van der Waals surface area contributed by atoms with Crippen LogP contribution in [0.1, 0.15) is 31.1 Å². The van der Waals surface area contributed by atoms with Gasteiger partial charge in [-0.05, 0) is 39.0 Å². The number of nitrogens with one attached hydrogen (secondary N) is 2. The molecule has 0 aromatic heterocycles. The number of hydrogen-bond donors (Lipinski definition) is 2. The number of rotatable bonds is 4. The lowest BCUT2D eigenvalue weighted by Crippen LogP contribution is -2.37. The summed E-state index contributed by atoms with van der Waals surface area (Å²) in [5.74, 6) is 0.937. The van der Waals surface area contributed by atoms with Crippen LogP contribution in [-0.4, -0.2) is 37.5 Å². The van der Waals surface area contributed by atoms with E-state index in [2.05, 4.69) is 10.6 Å². The van der Waals surface area contributed by atoms with Crippen LogP contribution in [0, 0.1) is 0 Å². The molecular formula is C15H20N2O5. The van der Waals surface area contributed by atoms with Crippen LogP contribution in [0.15, 0.2) is 18.2 Å². The molecule has 0 unspecified atom stereocenters. The van der Waals surface area contributed by atoms with Gasteiger partial charge >= 0.3 is 6.09 Å². The van der Waals surface area contributed by atoms with E-state index in [0.29, 0.717) is 23.6 Å². The molecule has 22 heavy (non-hydrogen) atoms. The predicted octanol–water partition coefficient (Wildman–Crippen LogP) is 1.67. The molecule has 0 spiro atoms. The average Bonchev–Trinajstić information content (AvgIpc) is 2.88. The van der Waals surface area contributed by atoms with Gasteiger partial charge in [0.05, 0.1) is 0 Å². The third kappa shape index (κ3) is 4.54. The second-order valence-corrected chi connectivity index (χ2v) is 5.75. The van der Waals surface area contributed by atoms with E-state index in [9.17, 15) is 9.59 Å². The second-order valence-electron chi connectivity index (χ2n) is 5.75. The highest BCUT2D eigenvalue weighted by Gasteiger charge is 2.17. The van der Waals surface area contributed by atoms with Crippen LogP contribution in [0.5, 0.6) is 11.5 Å². The minimum atomic E-state index is -0.542. The molecule has 0 saturated heterocycles. The zero-order valence-corrected chi connectivity index (χ0v) is 12.9. The van der Waals surface area contributed by atoms with Crippen molar-refractivity contribution in [2.24, 2.45) is 0 Å². The molecular weight excluding hydrogens is 288 g/mol. The molecule has 1 aromatic rings. The summed E-state index contributed by atoms with van der Waals surface area (Å²) in [6.07, 6.45) is -0.509. The summed E-state index contributed by atoms with van der Waals surface area (Å²) in [5.41, 5.74) is -0.0682. The lowest BCUT2D eigenvalue weighted by atomic mass is 10.2. The van der Waals surface area contributed by atoms with Gasteiger partial charge in [-0.25, -0.2) is 4.79 Å². The molecule has 0 saturated carbocycles. The zero-order valence-electron chi connectivity index (χ0n) is 12.9. The highest BCUT2D eigenvalue weighted by molar-refractivity contribution is 5.94. The summed E-state index contributed by atoms with van der Waals surface area (Å²) >= 11 is 0. The maximum Gasteiger partial charge on any atom is 0.407 e. The molecule has 1 aliphatic heterocycles. The Kier molecular flexibility index (Phi) is 4.75. The SMILES string of the molecule is CC(C)(C)OC(=O)NCCNC(=O)c1ccc2c(c1)OCO2. The maximum absolute atomic E-state index is 12.0. The number of carbonyl (C=O) groups is 2. The van der Waals surface area contributed by atoms with Gasteiger partial charge in [-0.3, -0.25) is 4.79 Å². The van der Waals surface area contributed by atoms with Crippen molar-refractivity contribution >= 4 is 12.0 Å².